The molecule has 1 aliphatic heterocycles. The maximum Gasteiger partial charge on any atom is 0.160 e. The lowest BCUT2D eigenvalue weighted by Gasteiger charge is -2.37. The van der Waals surface area contributed by atoms with Gasteiger partial charge in [0.1, 0.15) is 5.82 Å². The molecule has 0 bridgehead atoms. The molecule has 0 atom stereocenters. The third kappa shape index (κ3) is 4.93. The van der Waals surface area contributed by atoms with Crippen molar-refractivity contribution in [1.29, 1.82) is 0 Å². The fraction of sp³-hybridized carbons (Fsp3) is 0.636. The second kappa shape index (κ2) is 9.63. The Bertz CT molecular complexity index is 573. The Kier molecular flexibility index (Phi) is 7.23. The third-order valence-electron chi connectivity index (χ3n) is 5.78. The van der Waals surface area contributed by atoms with E-state index >= 15 is 0 Å². The molecular weight excluding hydrogens is 331 g/mol. The lowest BCUT2D eigenvalue weighted by molar-refractivity contribution is -0.229. The summed E-state index contributed by atoms with van der Waals surface area (Å²) >= 11 is 0. The molecule has 0 spiro atoms. The maximum atomic E-state index is 14.2. The molecule has 3 nitrogen and oxygen atoms in total. The van der Waals surface area contributed by atoms with Crippen LogP contribution in [0.15, 0.2) is 30.9 Å². The van der Waals surface area contributed by atoms with Gasteiger partial charge >= 0.3 is 0 Å². The van der Waals surface area contributed by atoms with E-state index < -0.39 is 0 Å². The van der Waals surface area contributed by atoms with Crippen molar-refractivity contribution in [3.05, 3.63) is 47.8 Å². The standard InChI is InChI=1S/C22H31FO3/c1-3-4-5-16-13-25-22(26-14-16)18-8-6-17(7-9-18)19-10-11-20(15-24-2)21(23)12-19/h3,10-12,16-18,22H,1,4-9,13-15H2,2H3. The van der Waals surface area contributed by atoms with Crippen LogP contribution in [0.4, 0.5) is 4.39 Å². The van der Waals surface area contributed by atoms with Gasteiger partial charge in [0.2, 0.25) is 0 Å². The van der Waals surface area contributed by atoms with Crippen molar-refractivity contribution in [2.45, 2.75) is 57.3 Å². The van der Waals surface area contributed by atoms with Crippen LogP contribution in [0.3, 0.4) is 0 Å². The molecule has 1 aliphatic carbocycles. The van der Waals surface area contributed by atoms with Crippen LogP contribution in [0.1, 0.15) is 55.6 Å². The Morgan fingerprint density at radius 3 is 2.54 bits per heavy atom. The summed E-state index contributed by atoms with van der Waals surface area (Å²) in [5.41, 5.74) is 1.73. The van der Waals surface area contributed by atoms with Gasteiger partial charge in [0, 0.05) is 24.5 Å². The lowest BCUT2D eigenvalue weighted by atomic mass is 9.78. The van der Waals surface area contributed by atoms with Crippen molar-refractivity contribution in [3.8, 4) is 0 Å². The fourth-order valence-corrected chi connectivity index (χ4v) is 4.17. The maximum absolute atomic E-state index is 14.2. The van der Waals surface area contributed by atoms with E-state index in [1.165, 1.54) is 0 Å². The minimum absolute atomic E-state index is 0.0586. The predicted molar refractivity (Wildman–Crippen MR) is 100 cm³/mol. The van der Waals surface area contributed by atoms with Gasteiger partial charge in [-0.25, -0.2) is 4.39 Å². The second-order valence-electron chi connectivity index (χ2n) is 7.66. The van der Waals surface area contributed by atoms with Gasteiger partial charge in [0.05, 0.1) is 19.8 Å². The van der Waals surface area contributed by atoms with Gasteiger partial charge in [-0.2, -0.15) is 0 Å². The van der Waals surface area contributed by atoms with Crippen LogP contribution in [0.25, 0.3) is 0 Å². The average Bonchev–Trinajstić information content (AvgIpc) is 2.69. The number of hydrogen-bond acceptors (Lipinski definition) is 3. The summed E-state index contributed by atoms with van der Waals surface area (Å²) in [6.45, 7) is 5.69. The number of allylic oxidation sites excluding steroid dienone is 1. The Morgan fingerprint density at radius 1 is 1.19 bits per heavy atom. The SMILES string of the molecule is C=CCCC1COC(C2CCC(c3ccc(COC)c(F)c3)CC2)OC1. The van der Waals surface area contributed by atoms with E-state index in [1.54, 1.807) is 13.2 Å². The topological polar surface area (TPSA) is 27.7 Å². The molecule has 0 unspecified atom stereocenters. The number of methoxy groups -OCH3 is 1. The summed E-state index contributed by atoms with van der Waals surface area (Å²) in [7, 11) is 1.59. The molecule has 1 aromatic carbocycles. The highest BCUT2D eigenvalue weighted by atomic mass is 19.1. The normalized spacial score (nSPS) is 29.5. The molecule has 0 radical (unpaired) electrons. The molecule has 1 saturated heterocycles. The van der Waals surface area contributed by atoms with Crippen molar-refractivity contribution in [3.63, 3.8) is 0 Å². The van der Waals surface area contributed by atoms with Crippen molar-refractivity contribution >= 4 is 0 Å². The van der Waals surface area contributed by atoms with Crippen LogP contribution in [0.5, 0.6) is 0 Å². The van der Waals surface area contributed by atoms with Gasteiger partial charge in [0.25, 0.3) is 0 Å². The number of halogens is 1. The molecule has 4 heteroatoms. The van der Waals surface area contributed by atoms with E-state index in [0.717, 1.165) is 57.3 Å². The fourth-order valence-electron chi connectivity index (χ4n) is 4.17. The van der Waals surface area contributed by atoms with Gasteiger partial charge in [-0.1, -0.05) is 18.2 Å². The molecule has 2 fully saturated rings. The lowest BCUT2D eigenvalue weighted by Crippen LogP contribution is -2.38. The minimum atomic E-state index is -0.156. The quantitative estimate of drug-likeness (QED) is 0.624. The van der Waals surface area contributed by atoms with Gasteiger partial charge in [-0.15, -0.1) is 6.58 Å². The van der Waals surface area contributed by atoms with Crippen molar-refractivity contribution in [2.75, 3.05) is 20.3 Å². The third-order valence-corrected chi connectivity index (χ3v) is 5.78. The Morgan fingerprint density at radius 2 is 1.92 bits per heavy atom. The second-order valence-corrected chi connectivity index (χ2v) is 7.66. The highest BCUT2D eigenvalue weighted by Crippen LogP contribution is 2.39. The minimum Gasteiger partial charge on any atom is -0.380 e. The van der Waals surface area contributed by atoms with Crippen LogP contribution in [0, 0.1) is 17.7 Å². The molecule has 1 aromatic rings. The van der Waals surface area contributed by atoms with E-state index in [4.69, 9.17) is 14.2 Å². The van der Waals surface area contributed by atoms with E-state index in [-0.39, 0.29) is 12.1 Å². The van der Waals surface area contributed by atoms with E-state index in [2.05, 4.69) is 12.6 Å². The molecule has 0 amide bonds. The summed E-state index contributed by atoms with van der Waals surface area (Å²) in [6, 6.07) is 5.61. The van der Waals surface area contributed by atoms with Crippen LogP contribution < -0.4 is 0 Å². The zero-order chi connectivity index (χ0) is 18.4. The molecule has 0 N–H and O–H groups in total. The molecule has 144 valence electrons. The Balaban J connectivity index is 1.47. The zero-order valence-corrected chi connectivity index (χ0v) is 15.8. The predicted octanol–water partition coefficient (Wildman–Crippen LogP) is 5.20. The van der Waals surface area contributed by atoms with Crippen LogP contribution in [0.2, 0.25) is 0 Å². The zero-order valence-electron chi connectivity index (χ0n) is 15.8. The molecular formula is C22H31FO3. The number of rotatable bonds is 7. The first-order valence-corrected chi connectivity index (χ1v) is 9.82. The molecule has 3 rings (SSSR count). The van der Waals surface area contributed by atoms with Crippen LogP contribution in [-0.2, 0) is 20.8 Å². The number of hydrogen-bond donors (Lipinski definition) is 0. The Hall–Kier alpha value is -1.23. The van der Waals surface area contributed by atoms with E-state index in [1.807, 2.05) is 12.1 Å². The summed E-state index contributed by atoms with van der Waals surface area (Å²) < 4.78 is 31.2. The van der Waals surface area contributed by atoms with Crippen molar-refractivity contribution in [2.24, 2.45) is 11.8 Å². The monoisotopic (exact) mass is 362 g/mol. The average molecular weight is 362 g/mol. The summed E-state index contributed by atoms with van der Waals surface area (Å²) in [5.74, 6) is 1.23. The summed E-state index contributed by atoms with van der Waals surface area (Å²) in [5, 5.41) is 0. The highest BCUT2D eigenvalue weighted by molar-refractivity contribution is 5.27. The number of benzene rings is 1. The number of ether oxygens (including phenoxy) is 3. The van der Waals surface area contributed by atoms with Gasteiger partial charge < -0.3 is 14.2 Å². The Labute approximate surface area is 156 Å². The van der Waals surface area contributed by atoms with Crippen LogP contribution in [-0.4, -0.2) is 26.6 Å². The summed E-state index contributed by atoms with van der Waals surface area (Å²) in [6.07, 6.45) is 8.30. The van der Waals surface area contributed by atoms with Gasteiger partial charge in [-0.05, 0) is 56.1 Å². The smallest absolute Gasteiger partial charge is 0.160 e. The highest BCUT2D eigenvalue weighted by Gasteiger charge is 2.32. The molecule has 26 heavy (non-hydrogen) atoms. The first-order valence-electron chi connectivity index (χ1n) is 9.82. The first-order chi connectivity index (χ1) is 12.7. The molecule has 0 aromatic heterocycles. The molecule has 1 heterocycles. The van der Waals surface area contributed by atoms with Crippen LogP contribution >= 0.6 is 0 Å². The molecule has 2 aliphatic rings. The van der Waals surface area contributed by atoms with E-state index in [0.29, 0.717) is 29.9 Å². The van der Waals surface area contributed by atoms with Crippen molar-refractivity contribution in [1.82, 2.24) is 0 Å². The van der Waals surface area contributed by atoms with Gasteiger partial charge in [-0.3, -0.25) is 0 Å². The largest absolute Gasteiger partial charge is 0.380 e. The molecule has 1 saturated carbocycles. The van der Waals surface area contributed by atoms with Crippen molar-refractivity contribution < 1.29 is 18.6 Å². The summed E-state index contributed by atoms with van der Waals surface area (Å²) in [4.78, 5) is 0. The van der Waals surface area contributed by atoms with Gasteiger partial charge in [0.15, 0.2) is 6.29 Å². The first kappa shape index (κ1) is 19.5. The van der Waals surface area contributed by atoms with E-state index in [9.17, 15) is 4.39 Å².